The van der Waals surface area contributed by atoms with Crippen LogP contribution in [-0.4, -0.2) is 6.11 Å². The van der Waals surface area contributed by atoms with Crippen LogP contribution in [0.2, 0.25) is 0 Å². The topological polar surface area (TPSA) is 9.23 Å². The van der Waals surface area contributed by atoms with Crippen molar-refractivity contribution >= 4 is 6.08 Å². The summed E-state index contributed by atoms with van der Waals surface area (Å²) in [7, 11) is 0. The minimum Gasteiger partial charge on any atom is -0.429 e. The van der Waals surface area contributed by atoms with Crippen molar-refractivity contribution in [1.29, 1.82) is 0 Å². The van der Waals surface area contributed by atoms with Gasteiger partial charge >= 0.3 is 6.11 Å². The van der Waals surface area contributed by atoms with E-state index in [0.717, 1.165) is 48.3 Å². The Hall–Kier alpha value is -3.29. The van der Waals surface area contributed by atoms with Crippen molar-refractivity contribution in [2.24, 2.45) is 17.8 Å². The summed E-state index contributed by atoms with van der Waals surface area (Å²) in [4.78, 5) is 0. The maximum atomic E-state index is 15.3. The molecule has 2 aliphatic carbocycles. The monoisotopic (exact) mass is 646 g/mol. The van der Waals surface area contributed by atoms with Crippen LogP contribution < -0.4 is 4.74 Å². The number of alkyl halides is 2. The Labute approximate surface area is 266 Å². The second-order valence-corrected chi connectivity index (χ2v) is 13.1. The quantitative estimate of drug-likeness (QED) is 0.114. The average molecular weight is 647 g/mol. The first-order valence-electron chi connectivity index (χ1n) is 16.5. The van der Waals surface area contributed by atoms with E-state index in [9.17, 15) is 26.3 Å². The molecule has 46 heavy (non-hydrogen) atoms. The zero-order chi connectivity index (χ0) is 32.8. The maximum Gasteiger partial charge on any atom is 0.419 e. The van der Waals surface area contributed by atoms with Crippen molar-refractivity contribution in [1.82, 2.24) is 0 Å². The number of halogens is 7. The van der Waals surface area contributed by atoms with Gasteiger partial charge in [0.1, 0.15) is 17.4 Å². The third kappa shape index (κ3) is 8.54. The van der Waals surface area contributed by atoms with Gasteiger partial charge in [0.05, 0.1) is 0 Å². The lowest BCUT2D eigenvalue weighted by Gasteiger charge is -2.38. The van der Waals surface area contributed by atoms with E-state index in [2.05, 4.69) is 11.7 Å². The summed E-state index contributed by atoms with van der Waals surface area (Å²) < 4.78 is 103. The largest absolute Gasteiger partial charge is 0.429 e. The van der Waals surface area contributed by atoms with Crippen molar-refractivity contribution < 1.29 is 35.5 Å². The molecule has 5 rings (SSSR count). The Balaban J connectivity index is 1.16. The van der Waals surface area contributed by atoms with Crippen LogP contribution in [0.25, 0.3) is 17.2 Å². The molecule has 0 aromatic heterocycles. The molecule has 2 fully saturated rings. The minimum atomic E-state index is -4.09. The van der Waals surface area contributed by atoms with Crippen molar-refractivity contribution in [2.45, 2.75) is 96.0 Å². The van der Waals surface area contributed by atoms with E-state index in [1.165, 1.54) is 82.4 Å². The fourth-order valence-corrected chi connectivity index (χ4v) is 7.37. The van der Waals surface area contributed by atoms with Crippen LogP contribution in [0, 0.1) is 46.8 Å². The van der Waals surface area contributed by atoms with Gasteiger partial charge in [-0.1, -0.05) is 69.7 Å². The van der Waals surface area contributed by atoms with Crippen molar-refractivity contribution in [2.75, 3.05) is 0 Å². The minimum absolute atomic E-state index is 0.202. The van der Waals surface area contributed by atoms with Gasteiger partial charge < -0.3 is 4.74 Å². The predicted molar refractivity (Wildman–Crippen MR) is 167 cm³/mol. The lowest BCUT2D eigenvalue weighted by molar-refractivity contribution is -0.131. The Morgan fingerprint density at radius 2 is 1.37 bits per heavy atom. The van der Waals surface area contributed by atoms with E-state index in [4.69, 9.17) is 0 Å². The van der Waals surface area contributed by atoms with E-state index in [1.807, 2.05) is 6.07 Å². The maximum absolute atomic E-state index is 15.3. The first kappa shape index (κ1) is 34.1. The van der Waals surface area contributed by atoms with Crippen LogP contribution in [0.3, 0.4) is 0 Å². The van der Waals surface area contributed by atoms with E-state index in [1.54, 1.807) is 6.07 Å². The molecule has 1 nitrogen and oxygen atoms in total. The highest BCUT2D eigenvalue weighted by molar-refractivity contribution is 5.67. The molecule has 248 valence electrons. The molecule has 2 aliphatic rings. The normalized spacial score (nSPS) is 22.3. The second-order valence-electron chi connectivity index (χ2n) is 13.1. The fraction of sp³-hybridized carbons (Fsp3) is 0.474. The summed E-state index contributed by atoms with van der Waals surface area (Å²) in [6.45, 7) is 2.25. The van der Waals surface area contributed by atoms with Gasteiger partial charge in [0, 0.05) is 29.3 Å². The molecule has 0 amide bonds. The lowest BCUT2D eigenvalue weighted by Crippen LogP contribution is -2.25. The smallest absolute Gasteiger partial charge is 0.419 e. The van der Waals surface area contributed by atoms with Crippen LogP contribution in [0.15, 0.2) is 54.6 Å². The zero-order valence-corrected chi connectivity index (χ0v) is 26.1. The summed E-state index contributed by atoms with van der Waals surface area (Å²) in [5.41, 5.74) is 1.18. The third-order valence-electron chi connectivity index (χ3n) is 9.99. The van der Waals surface area contributed by atoms with Crippen LogP contribution >= 0.6 is 0 Å². The molecule has 8 heteroatoms. The molecule has 3 aromatic rings. The van der Waals surface area contributed by atoms with Crippen molar-refractivity contribution in [3.63, 3.8) is 0 Å². The Morgan fingerprint density at radius 1 is 0.717 bits per heavy atom. The average Bonchev–Trinajstić information content (AvgIpc) is 3.03. The van der Waals surface area contributed by atoms with E-state index in [0.29, 0.717) is 5.92 Å². The van der Waals surface area contributed by atoms with Gasteiger partial charge in [0.25, 0.3) is 0 Å². The third-order valence-corrected chi connectivity index (χ3v) is 9.99. The predicted octanol–water partition coefficient (Wildman–Crippen LogP) is 12.4. The highest BCUT2D eigenvalue weighted by Crippen LogP contribution is 2.45. The zero-order valence-electron chi connectivity index (χ0n) is 26.1. The Kier molecular flexibility index (Phi) is 11.2. The number of unbranched alkanes of at least 4 members (excludes halogenated alkanes) is 2. The molecular formula is C38H41F7O. The molecule has 0 saturated heterocycles. The molecule has 2 saturated carbocycles. The fourth-order valence-electron chi connectivity index (χ4n) is 7.37. The van der Waals surface area contributed by atoms with E-state index < -0.39 is 40.9 Å². The number of ether oxygens (including phenoxy) is 1. The molecule has 0 spiro atoms. The van der Waals surface area contributed by atoms with Crippen LogP contribution in [0.5, 0.6) is 5.75 Å². The molecule has 0 N–H and O–H groups in total. The van der Waals surface area contributed by atoms with E-state index in [-0.39, 0.29) is 34.9 Å². The van der Waals surface area contributed by atoms with Crippen LogP contribution in [0.4, 0.5) is 30.7 Å². The van der Waals surface area contributed by atoms with Gasteiger partial charge in [-0.15, -0.1) is 0 Å². The number of hydrogen-bond donors (Lipinski definition) is 0. The first-order chi connectivity index (χ1) is 22.0. The van der Waals surface area contributed by atoms with E-state index >= 15 is 4.39 Å². The highest BCUT2D eigenvalue weighted by Gasteiger charge is 2.32. The molecule has 3 aromatic carbocycles. The summed E-state index contributed by atoms with van der Waals surface area (Å²) in [5.74, 6) is -4.71. The van der Waals surface area contributed by atoms with Gasteiger partial charge in [-0.3, -0.25) is 0 Å². The Bertz CT molecular complexity index is 1480. The number of benzene rings is 3. The molecule has 0 radical (unpaired) electrons. The van der Waals surface area contributed by atoms with Gasteiger partial charge in [-0.05, 0) is 91.5 Å². The Morgan fingerprint density at radius 3 is 1.98 bits per heavy atom. The summed E-state index contributed by atoms with van der Waals surface area (Å²) in [6, 6.07) is 9.34. The number of rotatable bonds is 11. The standard InChI is InChI=1S/C38H41F7O/c1-2-3-4-5-24-6-8-25(9-7-24)26-10-12-27(13-11-26)29-16-17-32(34(40)20-29)30-15-14-28(33(39)21-30)18-19-38(44,45)46-31-22-35(41)37(43)36(42)23-31/h14-27H,2-13H2,1H3. The molecule has 0 bridgehead atoms. The van der Waals surface area contributed by atoms with Gasteiger partial charge in [-0.2, -0.15) is 8.78 Å². The van der Waals surface area contributed by atoms with Crippen molar-refractivity contribution in [3.8, 4) is 16.9 Å². The van der Waals surface area contributed by atoms with Crippen molar-refractivity contribution in [3.05, 3.63) is 94.8 Å². The molecule has 0 unspecified atom stereocenters. The van der Waals surface area contributed by atoms with Gasteiger partial charge in [-0.25, -0.2) is 22.0 Å². The molecule has 0 heterocycles. The first-order valence-corrected chi connectivity index (χ1v) is 16.5. The SMILES string of the molecule is CCCCCC1CCC(C2CCC(c3ccc(-c4ccc(C=CC(F)(F)Oc5cc(F)c(F)c(F)c5)c(F)c4)c(F)c3)CC2)CC1. The molecular weight excluding hydrogens is 605 g/mol. The van der Waals surface area contributed by atoms with Gasteiger partial charge in [0.2, 0.25) is 0 Å². The summed E-state index contributed by atoms with van der Waals surface area (Å²) in [6.07, 6.45) is 12.0. The summed E-state index contributed by atoms with van der Waals surface area (Å²) >= 11 is 0. The number of hydrogen-bond acceptors (Lipinski definition) is 1. The molecule has 0 aliphatic heterocycles. The molecule has 0 atom stereocenters. The summed E-state index contributed by atoms with van der Waals surface area (Å²) in [5, 5.41) is 0. The second kappa shape index (κ2) is 15.1. The van der Waals surface area contributed by atoms with Crippen LogP contribution in [0.1, 0.15) is 101 Å². The van der Waals surface area contributed by atoms with Gasteiger partial charge in [0.15, 0.2) is 17.5 Å². The highest BCUT2D eigenvalue weighted by atomic mass is 19.3. The lowest BCUT2D eigenvalue weighted by atomic mass is 9.68. The van der Waals surface area contributed by atoms with Crippen LogP contribution in [-0.2, 0) is 0 Å².